The van der Waals surface area contributed by atoms with Gasteiger partial charge in [0.1, 0.15) is 11.5 Å². The number of benzene rings is 3. The zero-order valence-electron chi connectivity index (χ0n) is 19.6. The minimum absolute atomic E-state index is 0.0136. The van der Waals surface area contributed by atoms with E-state index < -0.39 is 0 Å². The van der Waals surface area contributed by atoms with Crippen molar-refractivity contribution >= 4 is 34.3 Å². The first kappa shape index (κ1) is 22.6. The number of thiazole rings is 1. The number of nitrogens with zero attached hydrogens (tertiary/aromatic N) is 3. The Kier molecular flexibility index (Phi) is 5.96. The zero-order chi connectivity index (χ0) is 24.5. The maximum atomic E-state index is 11.8. The highest BCUT2D eigenvalue weighted by Gasteiger charge is 2.18. The molecule has 1 amide bonds. The lowest BCUT2D eigenvalue weighted by molar-refractivity contribution is -0.118. The summed E-state index contributed by atoms with van der Waals surface area (Å²) in [5, 5.41) is 19.5. The summed E-state index contributed by atoms with van der Waals surface area (Å²) in [4.78, 5) is 17.5. The van der Waals surface area contributed by atoms with Crippen LogP contribution >= 0.6 is 11.3 Å². The topological polar surface area (TPSA) is 88.2 Å². The van der Waals surface area contributed by atoms with Gasteiger partial charge in [0.2, 0.25) is 4.80 Å². The van der Waals surface area contributed by atoms with E-state index in [1.165, 1.54) is 11.3 Å². The molecule has 0 saturated carbocycles. The first-order valence-corrected chi connectivity index (χ1v) is 12.0. The molecule has 35 heavy (non-hydrogen) atoms. The molecule has 4 aromatic rings. The van der Waals surface area contributed by atoms with E-state index in [1.54, 1.807) is 12.1 Å². The normalized spacial score (nSPS) is 13.9. The number of fused-ring (bicyclic) bond motifs is 1. The summed E-state index contributed by atoms with van der Waals surface area (Å²) < 4.78 is 7.34. The van der Waals surface area contributed by atoms with Crippen molar-refractivity contribution in [1.29, 1.82) is 0 Å². The van der Waals surface area contributed by atoms with Gasteiger partial charge in [0.25, 0.3) is 5.91 Å². The highest BCUT2D eigenvalue weighted by Crippen LogP contribution is 2.33. The molecule has 2 heterocycles. The van der Waals surface area contributed by atoms with Gasteiger partial charge >= 0.3 is 0 Å². The molecular weight excluding hydrogens is 460 g/mol. The standard InChI is InChI=1S/C27H24N4O3S/c1-16-5-4-6-17(2)26(16)29-27-31(30-18(3)19-7-10-21(32)11-8-19)23(15-35-27)20-9-12-24-22(13-20)28-25(33)14-34-24/h4-13,15,32H,14H2,1-3H3,(H,28,33). The number of rotatable bonds is 4. The predicted octanol–water partition coefficient (Wildman–Crippen LogP) is 5.37. The number of carbonyl (C=O) groups is 1. The minimum Gasteiger partial charge on any atom is -0.508 e. The number of anilines is 1. The number of para-hydroxylation sites is 1. The summed E-state index contributed by atoms with van der Waals surface area (Å²) in [5.74, 6) is 0.661. The Morgan fingerprint density at radius 3 is 2.57 bits per heavy atom. The van der Waals surface area contributed by atoms with E-state index in [4.69, 9.17) is 14.8 Å². The number of amides is 1. The number of phenolic OH excluding ortho intramolecular Hbond substituents is 1. The van der Waals surface area contributed by atoms with Gasteiger partial charge in [-0.2, -0.15) is 5.10 Å². The number of carbonyl (C=O) groups excluding carboxylic acids is 1. The monoisotopic (exact) mass is 484 g/mol. The van der Waals surface area contributed by atoms with Crippen molar-refractivity contribution in [3.63, 3.8) is 0 Å². The van der Waals surface area contributed by atoms with E-state index in [0.717, 1.165) is 39.3 Å². The van der Waals surface area contributed by atoms with Crippen molar-refractivity contribution < 1.29 is 14.6 Å². The van der Waals surface area contributed by atoms with E-state index >= 15 is 0 Å². The summed E-state index contributed by atoms with van der Waals surface area (Å²) >= 11 is 1.49. The van der Waals surface area contributed by atoms with Gasteiger partial charge in [-0.3, -0.25) is 4.79 Å². The molecule has 7 nitrogen and oxygen atoms in total. The summed E-state index contributed by atoms with van der Waals surface area (Å²) in [6.45, 7) is 6.02. The van der Waals surface area contributed by atoms with E-state index in [1.807, 2.05) is 79.4 Å². The molecule has 0 fully saturated rings. The molecule has 0 saturated heterocycles. The Morgan fingerprint density at radius 2 is 1.83 bits per heavy atom. The van der Waals surface area contributed by atoms with Gasteiger partial charge in [-0.05, 0) is 79.9 Å². The van der Waals surface area contributed by atoms with Gasteiger partial charge in [-0.25, -0.2) is 9.67 Å². The fraction of sp³-hybridized carbons (Fsp3) is 0.148. The van der Waals surface area contributed by atoms with Crippen LogP contribution in [-0.2, 0) is 4.79 Å². The van der Waals surface area contributed by atoms with Crippen LogP contribution in [0.3, 0.4) is 0 Å². The Labute approximate surface area is 206 Å². The van der Waals surface area contributed by atoms with Crippen molar-refractivity contribution in [1.82, 2.24) is 4.68 Å². The number of phenols is 1. The van der Waals surface area contributed by atoms with E-state index in [9.17, 15) is 9.90 Å². The Bertz CT molecular complexity index is 1510. The first-order valence-electron chi connectivity index (χ1n) is 11.1. The number of nitrogens with one attached hydrogen (secondary N) is 1. The first-order chi connectivity index (χ1) is 16.9. The van der Waals surface area contributed by atoms with Crippen LogP contribution in [0.25, 0.3) is 11.3 Å². The second-order valence-corrected chi connectivity index (χ2v) is 9.18. The maximum Gasteiger partial charge on any atom is 0.262 e. The van der Waals surface area contributed by atoms with Crippen LogP contribution in [0.15, 0.2) is 76.1 Å². The largest absolute Gasteiger partial charge is 0.508 e. The molecule has 8 heteroatoms. The number of hydrogen-bond donors (Lipinski definition) is 2. The third-order valence-electron chi connectivity index (χ3n) is 5.78. The predicted molar refractivity (Wildman–Crippen MR) is 139 cm³/mol. The average molecular weight is 485 g/mol. The number of hydrogen-bond acceptors (Lipinski definition) is 6. The van der Waals surface area contributed by atoms with Gasteiger partial charge in [0.05, 0.1) is 22.8 Å². The molecule has 3 aromatic carbocycles. The lowest BCUT2D eigenvalue weighted by atomic mass is 10.1. The number of aromatic nitrogens is 1. The summed E-state index contributed by atoms with van der Waals surface area (Å²) in [7, 11) is 0. The lowest BCUT2D eigenvalue weighted by Crippen LogP contribution is -2.25. The molecule has 2 N–H and O–H groups in total. The number of aromatic hydroxyl groups is 1. The molecule has 1 aliphatic rings. The fourth-order valence-electron chi connectivity index (χ4n) is 3.90. The average Bonchev–Trinajstić information content (AvgIpc) is 3.23. The highest BCUT2D eigenvalue weighted by atomic mass is 32.1. The number of aryl methyl sites for hydroxylation is 2. The Balaban J connectivity index is 1.69. The van der Waals surface area contributed by atoms with Crippen molar-refractivity contribution in [2.45, 2.75) is 20.8 Å². The van der Waals surface area contributed by atoms with Crippen LogP contribution in [-0.4, -0.2) is 28.0 Å². The molecule has 0 radical (unpaired) electrons. The Hall–Kier alpha value is -4.17. The van der Waals surface area contributed by atoms with Gasteiger partial charge in [0.15, 0.2) is 6.61 Å². The smallest absolute Gasteiger partial charge is 0.262 e. The van der Waals surface area contributed by atoms with Crippen LogP contribution in [0.1, 0.15) is 23.6 Å². The molecule has 0 spiro atoms. The van der Waals surface area contributed by atoms with Gasteiger partial charge in [-0.1, -0.05) is 18.2 Å². The molecule has 0 bridgehead atoms. The van der Waals surface area contributed by atoms with Crippen LogP contribution in [0.4, 0.5) is 11.4 Å². The quantitative estimate of drug-likeness (QED) is 0.382. The lowest BCUT2D eigenvalue weighted by Gasteiger charge is -2.18. The minimum atomic E-state index is -0.181. The second-order valence-electron chi connectivity index (χ2n) is 8.35. The van der Waals surface area contributed by atoms with Crippen molar-refractivity contribution in [2.75, 3.05) is 11.9 Å². The van der Waals surface area contributed by atoms with Gasteiger partial charge in [0, 0.05) is 10.9 Å². The summed E-state index contributed by atoms with van der Waals surface area (Å²) in [6.07, 6.45) is 0. The highest BCUT2D eigenvalue weighted by molar-refractivity contribution is 7.07. The molecule has 176 valence electrons. The molecule has 1 aliphatic heterocycles. The van der Waals surface area contributed by atoms with Crippen molar-refractivity contribution in [3.8, 4) is 22.8 Å². The molecule has 1 aromatic heterocycles. The number of ether oxygens (including phenoxy) is 1. The van der Waals surface area contributed by atoms with Crippen LogP contribution in [0.2, 0.25) is 0 Å². The second kappa shape index (κ2) is 9.23. The summed E-state index contributed by atoms with van der Waals surface area (Å²) in [5.41, 5.74) is 7.07. The van der Waals surface area contributed by atoms with Crippen molar-refractivity contribution in [2.24, 2.45) is 10.1 Å². The van der Waals surface area contributed by atoms with E-state index in [2.05, 4.69) is 5.32 Å². The van der Waals surface area contributed by atoms with Crippen LogP contribution < -0.4 is 14.9 Å². The molecule has 0 unspecified atom stereocenters. The van der Waals surface area contributed by atoms with Crippen LogP contribution in [0.5, 0.6) is 11.5 Å². The zero-order valence-corrected chi connectivity index (χ0v) is 20.4. The molecule has 0 aliphatic carbocycles. The molecular formula is C27H24N4O3S. The third kappa shape index (κ3) is 4.61. The van der Waals surface area contributed by atoms with Crippen molar-refractivity contribution in [3.05, 3.63) is 87.5 Å². The summed E-state index contributed by atoms with van der Waals surface area (Å²) in [6, 6.07) is 18.7. The fourth-order valence-corrected chi connectivity index (χ4v) is 4.74. The van der Waals surface area contributed by atoms with Crippen LogP contribution in [0, 0.1) is 13.8 Å². The Morgan fingerprint density at radius 1 is 1.09 bits per heavy atom. The maximum absolute atomic E-state index is 11.8. The van der Waals surface area contributed by atoms with E-state index in [0.29, 0.717) is 16.2 Å². The van der Waals surface area contributed by atoms with E-state index in [-0.39, 0.29) is 18.3 Å². The molecule has 5 rings (SSSR count). The van der Waals surface area contributed by atoms with Gasteiger partial charge in [-0.15, -0.1) is 11.3 Å². The third-order valence-corrected chi connectivity index (χ3v) is 6.59. The van der Waals surface area contributed by atoms with Gasteiger partial charge < -0.3 is 15.2 Å². The molecule has 0 atom stereocenters. The SMILES string of the molecule is CC(=Nn1c(-c2ccc3c(c2)NC(=O)CO3)csc1=Nc1c(C)cccc1C)c1ccc(O)cc1.